The third-order valence-electron chi connectivity index (χ3n) is 3.16. The van der Waals surface area contributed by atoms with Crippen LogP contribution >= 0.6 is 12.4 Å². The van der Waals surface area contributed by atoms with Crippen LogP contribution in [0.2, 0.25) is 0 Å². The van der Waals surface area contributed by atoms with Gasteiger partial charge in [-0.1, -0.05) is 45.0 Å². The lowest BCUT2D eigenvalue weighted by Gasteiger charge is -2.19. The highest BCUT2D eigenvalue weighted by Crippen LogP contribution is 2.22. The van der Waals surface area contributed by atoms with Gasteiger partial charge in [0.05, 0.1) is 0 Å². The van der Waals surface area contributed by atoms with Gasteiger partial charge in [0.2, 0.25) is 5.91 Å². The van der Waals surface area contributed by atoms with Crippen LogP contribution in [0.3, 0.4) is 0 Å². The zero-order chi connectivity index (χ0) is 14.3. The lowest BCUT2D eigenvalue weighted by Crippen LogP contribution is -2.26. The molecule has 0 fully saturated rings. The summed E-state index contributed by atoms with van der Waals surface area (Å²) in [5, 5.41) is 2.92. The summed E-state index contributed by atoms with van der Waals surface area (Å²) < 4.78 is 0. The number of hydrogen-bond donors (Lipinski definition) is 2. The summed E-state index contributed by atoms with van der Waals surface area (Å²) in [7, 11) is 0. The van der Waals surface area contributed by atoms with Gasteiger partial charge in [-0.25, -0.2) is 0 Å². The van der Waals surface area contributed by atoms with Gasteiger partial charge >= 0.3 is 0 Å². The molecule has 20 heavy (non-hydrogen) atoms. The van der Waals surface area contributed by atoms with Crippen LogP contribution in [0.5, 0.6) is 0 Å². The van der Waals surface area contributed by atoms with Gasteiger partial charge in [-0.3, -0.25) is 4.79 Å². The van der Waals surface area contributed by atoms with Crippen LogP contribution in [0, 0.1) is 0 Å². The minimum Gasteiger partial charge on any atom is -0.356 e. The van der Waals surface area contributed by atoms with Crippen LogP contribution in [0.15, 0.2) is 24.3 Å². The van der Waals surface area contributed by atoms with E-state index in [0.29, 0.717) is 19.5 Å². The zero-order valence-electron chi connectivity index (χ0n) is 12.7. The van der Waals surface area contributed by atoms with E-state index in [2.05, 4.69) is 50.4 Å². The average Bonchev–Trinajstić information content (AvgIpc) is 2.36. The summed E-state index contributed by atoms with van der Waals surface area (Å²) in [6, 6.07) is 8.64. The minimum atomic E-state index is 0. The Hall–Kier alpha value is -1.06. The second-order valence-electron chi connectivity index (χ2n) is 5.94. The van der Waals surface area contributed by atoms with E-state index in [9.17, 15) is 4.79 Å². The zero-order valence-corrected chi connectivity index (χ0v) is 13.6. The predicted octanol–water partition coefficient (Wildman–Crippen LogP) is 2.80. The standard InChI is InChI=1S/C16H26N2O.ClH/c1-16(2,3)14-8-6-13(7-9-14)10-12-18-15(19)5-4-11-17;/h6-9H,4-5,10-12,17H2,1-3H3,(H,18,19);1H. The number of carbonyl (C=O) groups is 1. The Balaban J connectivity index is 0.00000361. The maximum Gasteiger partial charge on any atom is 0.220 e. The van der Waals surface area contributed by atoms with Gasteiger partial charge < -0.3 is 11.1 Å². The second-order valence-corrected chi connectivity index (χ2v) is 5.94. The maximum atomic E-state index is 11.4. The molecule has 0 aliphatic carbocycles. The molecule has 0 atom stereocenters. The van der Waals surface area contributed by atoms with Crippen LogP contribution in [0.4, 0.5) is 0 Å². The fraction of sp³-hybridized carbons (Fsp3) is 0.562. The van der Waals surface area contributed by atoms with Crippen molar-refractivity contribution < 1.29 is 4.79 Å². The molecule has 0 unspecified atom stereocenters. The fourth-order valence-electron chi connectivity index (χ4n) is 1.87. The lowest BCUT2D eigenvalue weighted by atomic mass is 9.86. The van der Waals surface area contributed by atoms with Crippen molar-refractivity contribution >= 4 is 18.3 Å². The van der Waals surface area contributed by atoms with E-state index in [1.54, 1.807) is 0 Å². The van der Waals surface area contributed by atoms with Crippen molar-refractivity contribution in [2.45, 2.75) is 45.4 Å². The maximum absolute atomic E-state index is 11.4. The van der Waals surface area contributed by atoms with Crippen LogP contribution in [-0.4, -0.2) is 19.0 Å². The molecule has 0 bridgehead atoms. The van der Waals surface area contributed by atoms with E-state index in [1.165, 1.54) is 11.1 Å². The van der Waals surface area contributed by atoms with Gasteiger partial charge in [0.15, 0.2) is 0 Å². The summed E-state index contributed by atoms with van der Waals surface area (Å²) in [5.41, 5.74) is 8.15. The van der Waals surface area contributed by atoms with Crippen molar-refractivity contribution in [1.29, 1.82) is 0 Å². The summed E-state index contributed by atoms with van der Waals surface area (Å²) in [4.78, 5) is 11.4. The summed E-state index contributed by atoms with van der Waals surface area (Å²) in [6.07, 6.45) is 2.16. The van der Waals surface area contributed by atoms with E-state index < -0.39 is 0 Å². The summed E-state index contributed by atoms with van der Waals surface area (Å²) >= 11 is 0. The normalized spacial score (nSPS) is 10.8. The van der Waals surface area contributed by atoms with E-state index in [4.69, 9.17) is 5.73 Å². The molecule has 0 aliphatic heterocycles. The molecular formula is C16H27ClN2O. The Kier molecular flexibility index (Phi) is 8.51. The number of carbonyl (C=O) groups excluding carboxylic acids is 1. The molecule has 0 aromatic heterocycles. The van der Waals surface area contributed by atoms with Crippen LogP contribution < -0.4 is 11.1 Å². The van der Waals surface area contributed by atoms with Crippen molar-refractivity contribution in [2.75, 3.05) is 13.1 Å². The van der Waals surface area contributed by atoms with Gasteiger partial charge in [-0.15, -0.1) is 12.4 Å². The average molecular weight is 299 g/mol. The van der Waals surface area contributed by atoms with Crippen LogP contribution in [-0.2, 0) is 16.6 Å². The third-order valence-corrected chi connectivity index (χ3v) is 3.16. The smallest absolute Gasteiger partial charge is 0.220 e. The van der Waals surface area contributed by atoms with E-state index in [1.807, 2.05) is 0 Å². The molecule has 3 N–H and O–H groups in total. The molecule has 0 saturated heterocycles. The summed E-state index contributed by atoms with van der Waals surface area (Å²) in [6.45, 7) is 7.89. The SMILES string of the molecule is CC(C)(C)c1ccc(CCNC(=O)CCCN)cc1.Cl. The Morgan fingerprint density at radius 3 is 2.30 bits per heavy atom. The first-order chi connectivity index (χ1) is 8.93. The molecule has 4 heteroatoms. The molecule has 0 aliphatic rings. The first-order valence-corrected chi connectivity index (χ1v) is 6.99. The number of hydrogen-bond acceptors (Lipinski definition) is 2. The Labute approximate surface area is 128 Å². The second kappa shape index (κ2) is 8.98. The van der Waals surface area contributed by atoms with Gasteiger partial charge in [-0.05, 0) is 35.9 Å². The van der Waals surface area contributed by atoms with Crippen molar-refractivity contribution in [3.8, 4) is 0 Å². The van der Waals surface area contributed by atoms with Gasteiger partial charge in [0, 0.05) is 13.0 Å². The first-order valence-electron chi connectivity index (χ1n) is 6.99. The number of nitrogens with two attached hydrogens (primary N) is 1. The van der Waals surface area contributed by atoms with Gasteiger partial charge in [0.25, 0.3) is 0 Å². The minimum absolute atomic E-state index is 0. The molecule has 1 aromatic rings. The number of nitrogens with one attached hydrogen (secondary N) is 1. The lowest BCUT2D eigenvalue weighted by molar-refractivity contribution is -0.121. The van der Waals surface area contributed by atoms with Crippen molar-refractivity contribution in [3.63, 3.8) is 0 Å². The van der Waals surface area contributed by atoms with Crippen LogP contribution in [0.1, 0.15) is 44.7 Å². The predicted molar refractivity (Wildman–Crippen MR) is 87.4 cm³/mol. The number of benzene rings is 1. The topological polar surface area (TPSA) is 55.1 Å². The molecule has 114 valence electrons. The number of amides is 1. The Morgan fingerprint density at radius 1 is 1.20 bits per heavy atom. The molecule has 1 aromatic carbocycles. The number of halogens is 1. The molecule has 0 saturated carbocycles. The summed E-state index contributed by atoms with van der Waals surface area (Å²) in [5.74, 6) is 0.0942. The van der Waals surface area contributed by atoms with Crippen molar-refractivity contribution in [1.82, 2.24) is 5.32 Å². The highest BCUT2D eigenvalue weighted by Gasteiger charge is 2.12. The Bertz CT molecular complexity index is 396. The van der Waals surface area contributed by atoms with Crippen molar-refractivity contribution in [3.05, 3.63) is 35.4 Å². The molecule has 1 rings (SSSR count). The fourth-order valence-corrected chi connectivity index (χ4v) is 1.87. The molecular weight excluding hydrogens is 272 g/mol. The monoisotopic (exact) mass is 298 g/mol. The van der Waals surface area contributed by atoms with Crippen LogP contribution in [0.25, 0.3) is 0 Å². The highest BCUT2D eigenvalue weighted by molar-refractivity contribution is 5.85. The third kappa shape index (κ3) is 6.92. The highest BCUT2D eigenvalue weighted by atomic mass is 35.5. The van der Waals surface area contributed by atoms with Crippen molar-refractivity contribution in [2.24, 2.45) is 5.73 Å². The molecule has 3 nitrogen and oxygen atoms in total. The molecule has 0 radical (unpaired) electrons. The Morgan fingerprint density at radius 2 is 1.80 bits per heavy atom. The molecule has 0 spiro atoms. The molecule has 1 amide bonds. The molecule has 0 heterocycles. The van der Waals surface area contributed by atoms with Gasteiger partial charge in [0.1, 0.15) is 0 Å². The van der Waals surface area contributed by atoms with Gasteiger partial charge in [-0.2, -0.15) is 0 Å². The number of rotatable bonds is 6. The van der Waals surface area contributed by atoms with E-state index in [0.717, 1.165) is 12.8 Å². The van der Waals surface area contributed by atoms with E-state index in [-0.39, 0.29) is 23.7 Å². The largest absolute Gasteiger partial charge is 0.356 e. The van der Waals surface area contributed by atoms with E-state index >= 15 is 0 Å². The first kappa shape index (κ1) is 18.9. The quantitative estimate of drug-likeness (QED) is 0.848.